The SMILES string of the molecule is COC=CC=O. The quantitative estimate of drug-likeness (QED) is 0.275. The smallest absolute Gasteiger partial charge is 0.145 e. The van der Waals surface area contributed by atoms with E-state index in [-0.39, 0.29) is 0 Å². The Morgan fingerprint density at radius 3 is 2.50 bits per heavy atom. The number of aldehydes is 1. The Bertz CT molecular complexity index is 56.6. The lowest BCUT2D eigenvalue weighted by Crippen LogP contribution is -1.63. The van der Waals surface area contributed by atoms with E-state index < -0.39 is 0 Å². The molecule has 0 aliphatic carbocycles. The lowest BCUT2D eigenvalue weighted by atomic mass is 10.7. The van der Waals surface area contributed by atoms with Gasteiger partial charge in [-0.05, 0) is 0 Å². The highest BCUT2D eigenvalue weighted by molar-refractivity contribution is 5.64. The van der Waals surface area contributed by atoms with Crippen molar-refractivity contribution in [2.45, 2.75) is 0 Å². The van der Waals surface area contributed by atoms with Gasteiger partial charge in [0.2, 0.25) is 0 Å². The lowest BCUT2D eigenvalue weighted by Gasteiger charge is -1.76. The molecule has 0 unspecified atom stereocenters. The van der Waals surface area contributed by atoms with E-state index in [0.29, 0.717) is 6.29 Å². The van der Waals surface area contributed by atoms with E-state index in [4.69, 9.17) is 0 Å². The van der Waals surface area contributed by atoms with Gasteiger partial charge in [-0.1, -0.05) is 0 Å². The van der Waals surface area contributed by atoms with E-state index in [2.05, 4.69) is 4.74 Å². The minimum absolute atomic E-state index is 0.656. The number of rotatable bonds is 2. The molecule has 0 aromatic heterocycles. The molecule has 0 spiro atoms. The number of carbonyl (C=O) groups is 1. The topological polar surface area (TPSA) is 26.3 Å². The number of ether oxygens (including phenoxy) is 1. The second kappa shape index (κ2) is 4.21. The Hall–Kier alpha value is -0.790. The van der Waals surface area contributed by atoms with Crippen molar-refractivity contribution >= 4 is 6.29 Å². The zero-order chi connectivity index (χ0) is 4.83. The zero-order valence-corrected chi connectivity index (χ0v) is 3.55. The van der Waals surface area contributed by atoms with Crippen LogP contribution in [0.3, 0.4) is 0 Å². The Morgan fingerprint density at radius 1 is 1.67 bits per heavy atom. The van der Waals surface area contributed by atoms with E-state index in [1.807, 2.05) is 0 Å². The van der Waals surface area contributed by atoms with Crippen molar-refractivity contribution in [2.75, 3.05) is 7.11 Å². The minimum atomic E-state index is 0.656. The molecule has 0 aromatic rings. The van der Waals surface area contributed by atoms with Crippen molar-refractivity contribution in [1.82, 2.24) is 0 Å². The van der Waals surface area contributed by atoms with Gasteiger partial charge in [-0.15, -0.1) is 0 Å². The highest BCUT2D eigenvalue weighted by Gasteiger charge is 1.56. The van der Waals surface area contributed by atoms with Crippen molar-refractivity contribution < 1.29 is 9.53 Å². The number of hydrogen-bond donors (Lipinski definition) is 0. The van der Waals surface area contributed by atoms with Gasteiger partial charge in [0.15, 0.2) is 0 Å². The lowest BCUT2D eigenvalue weighted by molar-refractivity contribution is -0.104. The van der Waals surface area contributed by atoms with E-state index in [0.717, 1.165) is 0 Å². The Morgan fingerprint density at radius 2 is 2.33 bits per heavy atom. The van der Waals surface area contributed by atoms with Crippen LogP contribution in [0.5, 0.6) is 0 Å². The summed E-state index contributed by atoms with van der Waals surface area (Å²) in [7, 11) is 1.49. The first-order valence-corrected chi connectivity index (χ1v) is 1.55. The monoisotopic (exact) mass is 86.0 g/mol. The molecule has 6 heavy (non-hydrogen) atoms. The molecule has 34 valence electrons. The van der Waals surface area contributed by atoms with Gasteiger partial charge in [0.05, 0.1) is 13.4 Å². The summed E-state index contributed by atoms with van der Waals surface area (Å²) in [5, 5.41) is 0. The molecular formula is C4H6O2. The summed E-state index contributed by atoms with van der Waals surface area (Å²) in [5.41, 5.74) is 0. The standard InChI is InChI=1S/C4H6O2/c1-6-4-2-3-5/h2-4H,1H3. The molecule has 0 aliphatic heterocycles. The molecule has 0 amide bonds. The van der Waals surface area contributed by atoms with Crippen molar-refractivity contribution in [3.63, 3.8) is 0 Å². The molecular weight excluding hydrogens is 80.0 g/mol. The van der Waals surface area contributed by atoms with Crippen LogP contribution in [0.4, 0.5) is 0 Å². The third-order valence-electron chi connectivity index (χ3n) is 0.293. The average molecular weight is 86.1 g/mol. The highest BCUT2D eigenvalue weighted by atomic mass is 16.5. The summed E-state index contributed by atoms with van der Waals surface area (Å²) in [6.07, 6.45) is 3.25. The number of hydrogen-bond acceptors (Lipinski definition) is 2. The summed E-state index contributed by atoms with van der Waals surface area (Å²) in [4.78, 5) is 9.40. The van der Waals surface area contributed by atoms with Gasteiger partial charge >= 0.3 is 0 Å². The third kappa shape index (κ3) is 3.21. The maximum atomic E-state index is 9.40. The predicted octanol–water partition coefficient (Wildman–Crippen LogP) is 0.345. The van der Waals surface area contributed by atoms with Crippen molar-refractivity contribution in [1.29, 1.82) is 0 Å². The fourth-order valence-electron chi connectivity index (χ4n) is 0.111. The first kappa shape index (κ1) is 5.21. The molecule has 2 heteroatoms. The predicted molar refractivity (Wildman–Crippen MR) is 22.2 cm³/mol. The van der Waals surface area contributed by atoms with Gasteiger partial charge in [-0.3, -0.25) is 4.79 Å². The van der Waals surface area contributed by atoms with Gasteiger partial charge < -0.3 is 4.74 Å². The Labute approximate surface area is 36.4 Å². The van der Waals surface area contributed by atoms with Crippen LogP contribution in [-0.4, -0.2) is 13.4 Å². The Balaban J connectivity index is 2.94. The summed E-state index contributed by atoms with van der Waals surface area (Å²) in [6, 6.07) is 0. The van der Waals surface area contributed by atoms with E-state index in [1.165, 1.54) is 19.4 Å². The van der Waals surface area contributed by atoms with Crippen LogP contribution >= 0.6 is 0 Å². The van der Waals surface area contributed by atoms with Gasteiger partial charge in [0.25, 0.3) is 0 Å². The number of methoxy groups -OCH3 is 1. The molecule has 0 saturated carbocycles. The molecule has 0 atom stereocenters. The van der Waals surface area contributed by atoms with Crippen LogP contribution in [0.25, 0.3) is 0 Å². The molecule has 0 fully saturated rings. The van der Waals surface area contributed by atoms with E-state index in [9.17, 15) is 4.79 Å². The second-order valence-electron chi connectivity index (χ2n) is 0.700. The molecule has 0 rings (SSSR count). The normalized spacial score (nSPS) is 8.83. The molecule has 0 N–H and O–H groups in total. The zero-order valence-electron chi connectivity index (χ0n) is 3.55. The maximum Gasteiger partial charge on any atom is 0.145 e. The second-order valence-corrected chi connectivity index (χ2v) is 0.700. The fraction of sp³-hybridized carbons (Fsp3) is 0.250. The number of carbonyl (C=O) groups excluding carboxylic acids is 1. The first-order valence-electron chi connectivity index (χ1n) is 1.55. The van der Waals surface area contributed by atoms with Gasteiger partial charge in [0, 0.05) is 6.08 Å². The van der Waals surface area contributed by atoms with Gasteiger partial charge in [0.1, 0.15) is 6.29 Å². The molecule has 0 saturated heterocycles. The fourth-order valence-corrected chi connectivity index (χ4v) is 0.111. The average Bonchev–Trinajstić information content (AvgIpc) is 1.61. The van der Waals surface area contributed by atoms with Crippen LogP contribution in [0.2, 0.25) is 0 Å². The Kier molecular flexibility index (Phi) is 3.66. The van der Waals surface area contributed by atoms with Crippen LogP contribution in [0.15, 0.2) is 12.3 Å². The van der Waals surface area contributed by atoms with Crippen molar-refractivity contribution in [3.8, 4) is 0 Å². The molecule has 0 aliphatic rings. The van der Waals surface area contributed by atoms with Crippen LogP contribution in [0, 0.1) is 0 Å². The number of allylic oxidation sites excluding steroid dienone is 1. The first-order chi connectivity index (χ1) is 2.91. The maximum absolute atomic E-state index is 9.40. The molecule has 0 radical (unpaired) electrons. The molecule has 0 aromatic carbocycles. The summed E-state index contributed by atoms with van der Waals surface area (Å²) in [5.74, 6) is 0. The van der Waals surface area contributed by atoms with Gasteiger partial charge in [-0.2, -0.15) is 0 Å². The van der Waals surface area contributed by atoms with Crippen molar-refractivity contribution in [3.05, 3.63) is 12.3 Å². The summed E-state index contributed by atoms with van der Waals surface area (Å²) < 4.78 is 4.37. The third-order valence-corrected chi connectivity index (χ3v) is 0.293. The largest absolute Gasteiger partial charge is 0.504 e. The highest BCUT2D eigenvalue weighted by Crippen LogP contribution is 1.62. The minimum Gasteiger partial charge on any atom is -0.504 e. The van der Waals surface area contributed by atoms with Crippen LogP contribution in [-0.2, 0) is 9.53 Å². The van der Waals surface area contributed by atoms with E-state index >= 15 is 0 Å². The summed E-state index contributed by atoms with van der Waals surface area (Å²) >= 11 is 0. The molecule has 2 nitrogen and oxygen atoms in total. The van der Waals surface area contributed by atoms with Crippen molar-refractivity contribution in [2.24, 2.45) is 0 Å². The van der Waals surface area contributed by atoms with E-state index in [1.54, 1.807) is 0 Å². The molecule has 0 heterocycles. The summed E-state index contributed by atoms with van der Waals surface area (Å²) in [6.45, 7) is 0. The van der Waals surface area contributed by atoms with Gasteiger partial charge in [-0.25, -0.2) is 0 Å². The van der Waals surface area contributed by atoms with Crippen LogP contribution in [0.1, 0.15) is 0 Å². The van der Waals surface area contributed by atoms with Crippen LogP contribution < -0.4 is 0 Å². The molecule has 0 bridgehead atoms.